The van der Waals surface area contributed by atoms with E-state index >= 15 is 0 Å². The third kappa shape index (κ3) is 2.49. The Morgan fingerprint density at radius 2 is 2.20 bits per heavy atom. The summed E-state index contributed by atoms with van der Waals surface area (Å²) in [5.41, 5.74) is 0.608. The first-order valence-corrected chi connectivity index (χ1v) is 8.42. The van der Waals surface area contributed by atoms with Crippen LogP contribution in [0.15, 0.2) is 42.9 Å². The molecule has 1 spiro atoms. The van der Waals surface area contributed by atoms with E-state index in [1.165, 1.54) is 0 Å². The van der Waals surface area contributed by atoms with Crippen molar-refractivity contribution in [3.05, 3.63) is 42.9 Å². The van der Waals surface area contributed by atoms with Crippen LogP contribution < -0.4 is 9.64 Å². The number of hydrogen-bond acceptors (Lipinski definition) is 7. The molecule has 1 atom stereocenters. The first-order valence-electron chi connectivity index (χ1n) is 8.42. The Kier molecular flexibility index (Phi) is 3.30. The zero-order valence-electron chi connectivity index (χ0n) is 13.7. The molecule has 2 fully saturated rings. The molecule has 0 N–H and O–H groups in total. The Morgan fingerprint density at radius 3 is 3.08 bits per heavy atom. The number of hydrogen-bond donors (Lipinski definition) is 0. The lowest BCUT2D eigenvalue weighted by molar-refractivity contribution is -0.0529. The van der Waals surface area contributed by atoms with Crippen LogP contribution in [0.1, 0.15) is 6.42 Å². The van der Waals surface area contributed by atoms with Crippen LogP contribution in [0.5, 0.6) is 5.88 Å². The molecule has 0 radical (unpaired) electrons. The van der Waals surface area contributed by atoms with Crippen molar-refractivity contribution in [3.63, 3.8) is 0 Å². The van der Waals surface area contributed by atoms with Crippen LogP contribution in [-0.2, 0) is 4.74 Å². The highest BCUT2D eigenvalue weighted by Crippen LogP contribution is 2.41. The number of aromatic nitrogens is 5. The minimum absolute atomic E-state index is 0.140. The second-order valence-corrected chi connectivity index (χ2v) is 6.56. The van der Waals surface area contributed by atoms with Gasteiger partial charge in [-0.1, -0.05) is 6.07 Å². The molecule has 2 saturated heterocycles. The van der Waals surface area contributed by atoms with Gasteiger partial charge in [-0.05, 0) is 24.6 Å². The van der Waals surface area contributed by atoms with Gasteiger partial charge in [0.2, 0.25) is 5.88 Å². The summed E-state index contributed by atoms with van der Waals surface area (Å²) >= 11 is 0. The maximum absolute atomic E-state index is 6.10. The van der Waals surface area contributed by atoms with E-state index in [4.69, 9.17) is 9.47 Å². The molecule has 0 amide bonds. The largest absolute Gasteiger partial charge is 0.477 e. The van der Waals surface area contributed by atoms with Crippen LogP contribution in [-0.4, -0.2) is 56.7 Å². The third-order valence-electron chi connectivity index (χ3n) is 5.06. The summed E-state index contributed by atoms with van der Waals surface area (Å²) in [5.74, 6) is 1.95. The van der Waals surface area contributed by atoms with Crippen molar-refractivity contribution in [1.29, 1.82) is 0 Å². The van der Waals surface area contributed by atoms with E-state index in [2.05, 4.69) is 25.2 Å². The first kappa shape index (κ1) is 14.6. The highest BCUT2D eigenvalue weighted by Gasteiger charge is 2.53. The highest BCUT2D eigenvalue weighted by molar-refractivity contribution is 5.48. The van der Waals surface area contributed by atoms with Crippen LogP contribution in [0.3, 0.4) is 0 Å². The zero-order chi connectivity index (χ0) is 16.7. The molecule has 8 nitrogen and oxygen atoms in total. The molecule has 1 unspecified atom stereocenters. The Hall–Kier alpha value is -2.74. The molecular formula is C17H18N6O2. The van der Waals surface area contributed by atoms with E-state index in [1.807, 2.05) is 30.3 Å². The molecular weight excluding hydrogens is 320 g/mol. The molecule has 5 rings (SSSR count). The second kappa shape index (κ2) is 5.66. The van der Waals surface area contributed by atoms with Crippen molar-refractivity contribution >= 4 is 11.5 Å². The van der Waals surface area contributed by atoms with E-state index in [-0.39, 0.29) is 5.60 Å². The van der Waals surface area contributed by atoms with Gasteiger partial charge in [-0.3, -0.25) is 0 Å². The number of ether oxygens (including phenoxy) is 2. The summed E-state index contributed by atoms with van der Waals surface area (Å²) in [6.07, 6.45) is 4.37. The van der Waals surface area contributed by atoms with Crippen molar-refractivity contribution in [3.8, 4) is 5.88 Å². The molecule has 8 heteroatoms. The summed E-state index contributed by atoms with van der Waals surface area (Å²) in [6.45, 7) is 3.05. The Morgan fingerprint density at radius 1 is 1.24 bits per heavy atom. The maximum Gasteiger partial charge on any atom is 0.213 e. The summed E-state index contributed by atoms with van der Waals surface area (Å²) in [5, 5.41) is 12.4. The van der Waals surface area contributed by atoms with E-state index in [9.17, 15) is 0 Å². The molecule has 3 aromatic heterocycles. The Balaban J connectivity index is 1.26. The predicted molar refractivity (Wildman–Crippen MR) is 89.5 cm³/mol. The minimum Gasteiger partial charge on any atom is -0.477 e. The molecule has 0 bridgehead atoms. The number of pyridine rings is 1. The van der Waals surface area contributed by atoms with Crippen molar-refractivity contribution < 1.29 is 9.47 Å². The summed E-state index contributed by atoms with van der Waals surface area (Å²) in [6, 6.07) is 9.61. The smallest absolute Gasteiger partial charge is 0.213 e. The fraction of sp³-hybridized carbons (Fsp3) is 0.412. The lowest BCUT2D eigenvalue weighted by atomic mass is 9.81. The van der Waals surface area contributed by atoms with Gasteiger partial charge < -0.3 is 14.4 Å². The van der Waals surface area contributed by atoms with E-state index in [0.29, 0.717) is 18.4 Å². The van der Waals surface area contributed by atoms with Gasteiger partial charge in [0.05, 0.1) is 19.7 Å². The molecule has 0 saturated carbocycles. The van der Waals surface area contributed by atoms with Crippen LogP contribution in [0.4, 0.5) is 5.82 Å². The van der Waals surface area contributed by atoms with Gasteiger partial charge in [0.15, 0.2) is 5.65 Å². The fourth-order valence-electron chi connectivity index (χ4n) is 3.64. The lowest BCUT2D eigenvalue weighted by Crippen LogP contribution is -2.66. The zero-order valence-corrected chi connectivity index (χ0v) is 13.7. The maximum atomic E-state index is 6.10. The molecule has 2 aliphatic rings. The standard InChI is InChI=1S/C17H18N6O2/c1-2-7-18-16(3-1)24-9-13-6-8-25-17(13)10-22(11-17)15-5-4-14-20-19-12-23(14)21-15/h1-5,7,12-13H,6,8-11H2. The predicted octanol–water partition coefficient (Wildman–Crippen LogP) is 1.19. The number of anilines is 1. The van der Waals surface area contributed by atoms with Gasteiger partial charge in [0.1, 0.15) is 17.7 Å². The average molecular weight is 338 g/mol. The van der Waals surface area contributed by atoms with Crippen molar-refractivity contribution in [2.24, 2.45) is 5.92 Å². The Bertz CT molecular complexity index is 877. The first-order chi connectivity index (χ1) is 12.3. The van der Waals surface area contributed by atoms with Crippen molar-refractivity contribution in [2.45, 2.75) is 12.0 Å². The van der Waals surface area contributed by atoms with Crippen LogP contribution in [0.25, 0.3) is 5.65 Å². The van der Waals surface area contributed by atoms with Gasteiger partial charge >= 0.3 is 0 Å². The third-order valence-corrected chi connectivity index (χ3v) is 5.06. The summed E-state index contributed by atoms with van der Waals surface area (Å²) in [7, 11) is 0. The quantitative estimate of drug-likeness (QED) is 0.707. The van der Waals surface area contributed by atoms with Gasteiger partial charge in [-0.25, -0.2) is 4.98 Å². The van der Waals surface area contributed by atoms with Crippen molar-refractivity contribution in [1.82, 2.24) is 24.8 Å². The van der Waals surface area contributed by atoms with Gasteiger partial charge in [-0.2, -0.15) is 4.52 Å². The van der Waals surface area contributed by atoms with E-state index in [0.717, 1.165) is 37.6 Å². The minimum atomic E-state index is -0.140. The topological polar surface area (TPSA) is 77.7 Å². The van der Waals surface area contributed by atoms with Crippen LogP contribution >= 0.6 is 0 Å². The normalized spacial score (nSPS) is 21.6. The summed E-state index contributed by atoms with van der Waals surface area (Å²) < 4.78 is 13.7. The van der Waals surface area contributed by atoms with Crippen LogP contribution in [0.2, 0.25) is 0 Å². The second-order valence-electron chi connectivity index (χ2n) is 6.56. The molecule has 5 heterocycles. The van der Waals surface area contributed by atoms with Crippen molar-refractivity contribution in [2.75, 3.05) is 31.2 Å². The number of rotatable bonds is 4. The highest BCUT2D eigenvalue weighted by atomic mass is 16.5. The molecule has 25 heavy (non-hydrogen) atoms. The average Bonchev–Trinajstić information content (AvgIpc) is 3.25. The number of nitrogens with zero attached hydrogens (tertiary/aromatic N) is 6. The molecule has 3 aromatic rings. The summed E-state index contributed by atoms with van der Waals surface area (Å²) in [4.78, 5) is 6.44. The molecule has 2 aliphatic heterocycles. The van der Waals surface area contributed by atoms with Crippen LogP contribution in [0, 0.1) is 5.92 Å². The molecule has 128 valence electrons. The van der Waals surface area contributed by atoms with Gasteiger partial charge in [0, 0.05) is 24.8 Å². The fourth-order valence-corrected chi connectivity index (χ4v) is 3.64. The molecule has 0 aliphatic carbocycles. The SMILES string of the molecule is c1ccc(OCC2CCOC23CN(c2ccc4nncn4n2)C3)nc1. The number of fused-ring (bicyclic) bond motifs is 1. The van der Waals surface area contributed by atoms with E-state index in [1.54, 1.807) is 17.0 Å². The van der Waals surface area contributed by atoms with Gasteiger partial charge in [0.25, 0.3) is 0 Å². The lowest BCUT2D eigenvalue weighted by Gasteiger charge is -2.50. The van der Waals surface area contributed by atoms with E-state index < -0.39 is 0 Å². The molecule has 0 aromatic carbocycles. The monoisotopic (exact) mass is 338 g/mol. The Labute approximate surface area is 144 Å². The van der Waals surface area contributed by atoms with Gasteiger partial charge in [-0.15, -0.1) is 15.3 Å².